The molecular weight excluding hydrogens is 190 g/mol. The van der Waals surface area contributed by atoms with Gasteiger partial charge in [-0.05, 0) is 25.3 Å². The molecule has 4 nitrogen and oxygen atoms in total. The van der Waals surface area contributed by atoms with Crippen LogP contribution in [0.5, 0.6) is 0 Å². The molecule has 2 rings (SSSR count). The first-order valence-corrected chi connectivity index (χ1v) is 5.21. The lowest BCUT2D eigenvalue weighted by atomic mass is 10.1. The van der Waals surface area contributed by atoms with Crippen LogP contribution in [0, 0.1) is 0 Å². The summed E-state index contributed by atoms with van der Waals surface area (Å²) in [6, 6.07) is 0.557. The lowest BCUT2D eigenvalue weighted by Gasteiger charge is -2.21. The average molecular weight is 205 g/mol. The van der Waals surface area contributed by atoms with Crippen LogP contribution in [0.2, 0.25) is 0 Å². The zero-order chi connectivity index (χ0) is 10.7. The highest BCUT2D eigenvalue weighted by molar-refractivity contribution is 5.87. The molecule has 0 aliphatic heterocycles. The fourth-order valence-electron chi connectivity index (χ4n) is 2.17. The zero-order valence-electron chi connectivity index (χ0n) is 8.60. The quantitative estimate of drug-likeness (QED) is 0.755. The van der Waals surface area contributed by atoms with Gasteiger partial charge < -0.3 is 9.88 Å². The average Bonchev–Trinajstić information content (AvgIpc) is 2.86. The van der Waals surface area contributed by atoms with Crippen molar-refractivity contribution in [1.29, 1.82) is 0 Å². The van der Waals surface area contributed by atoms with E-state index in [9.17, 15) is 4.79 Å². The van der Waals surface area contributed by atoms with Gasteiger partial charge in [-0.1, -0.05) is 6.58 Å². The third-order valence-corrected chi connectivity index (χ3v) is 2.90. The Balaban J connectivity index is 2.05. The largest absolute Gasteiger partial charge is 0.348 e. The Labute approximate surface area is 89.0 Å². The van der Waals surface area contributed by atoms with Crippen LogP contribution in [-0.4, -0.2) is 21.5 Å². The van der Waals surface area contributed by atoms with Crippen LogP contribution < -0.4 is 5.32 Å². The second kappa shape index (κ2) is 4.29. The van der Waals surface area contributed by atoms with Gasteiger partial charge >= 0.3 is 0 Å². The molecule has 1 aliphatic carbocycles. The Kier molecular flexibility index (Phi) is 2.85. The van der Waals surface area contributed by atoms with Crippen LogP contribution in [0.25, 0.3) is 0 Å². The molecule has 0 unspecified atom stereocenters. The van der Waals surface area contributed by atoms with Crippen molar-refractivity contribution >= 4 is 5.91 Å². The van der Waals surface area contributed by atoms with Gasteiger partial charge in [-0.2, -0.15) is 0 Å². The Morgan fingerprint density at radius 3 is 3.13 bits per heavy atom. The topological polar surface area (TPSA) is 46.9 Å². The first-order chi connectivity index (χ1) is 7.31. The fourth-order valence-corrected chi connectivity index (χ4v) is 2.17. The lowest BCUT2D eigenvalue weighted by Crippen LogP contribution is -2.37. The first kappa shape index (κ1) is 9.96. The number of nitrogens with one attached hydrogen (secondary N) is 1. The van der Waals surface area contributed by atoms with E-state index < -0.39 is 0 Å². The van der Waals surface area contributed by atoms with E-state index in [0.717, 1.165) is 19.3 Å². The first-order valence-electron chi connectivity index (χ1n) is 5.21. The molecule has 1 fully saturated rings. The van der Waals surface area contributed by atoms with Crippen LogP contribution in [-0.2, 0) is 4.79 Å². The summed E-state index contributed by atoms with van der Waals surface area (Å²) in [5, 5.41) is 2.96. The van der Waals surface area contributed by atoms with Gasteiger partial charge in [-0.15, -0.1) is 0 Å². The summed E-state index contributed by atoms with van der Waals surface area (Å²) in [5.74, 6) is -0.0907. The standard InChI is InChI=1S/C11H15N3O/c1-2-11(15)13-9-4-3-5-10(9)14-7-6-12-8-14/h2,6-10H,1,3-5H2,(H,13,15)/t9-,10+/m1/s1. The maximum Gasteiger partial charge on any atom is 0.243 e. The predicted molar refractivity (Wildman–Crippen MR) is 57.2 cm³/mol. The van der Waals surface area contributed by atoms with Crippen molar-refractivity contribution in [3.8, 4) is 0 Å². The summed E-state index contributed by atoms with van der Waals surface area (Å²) in [6.45, 7) is 3.46. The number of nitrogens with zero attached hydrogens (tertiary/aromatic N) is 2. The number of rotatable bonds is 3. The molecule has 0 saturated heterocycles. The highest BCUT2D eigenvalue weighted by atomic mass is 16.1. The summed E-state index contributed by atoms with van der Waals surface area (Å²) >= 11 is 0. The normalized spacial score (nSPS) is 25.1. The van der Waals surface area contributed by atoms with Crippen molar-refractivity contribution in [1.82, 2.24) is 14.9 Å². The van der Waals surface area contributed by atoms with Crippen molar-refractivity contribution < 1.29 is 4.79 Å². The van der Waals surface area contributed by atoms with E-state index in [1.807, 2.05) is 12.5 Å². The minimum absolute atomic E-state index is 0.0907. The van der Waals surface area contributed by atoms with Crippen molar-refractivity contribution in [2.45, 2.75) is 31.3 Å². The predicted octanol–water partition coefficient (Wildman–Crippen LogP) is 1.28. The van der Waals surface area contributed by atoms with Gasteiger partial charge in [0.25, 0.3) is 0 Å². The summed E-state index contributed by atoms with van der Waals surface area (Å²) < 4.78 is 2.07. The molecule has 80 valence electrons. The molecule has 1 heterocycles. The summed E-state index contributed by atoms with van der Waals surface area (Å²) in [5.41, 5.74) is 0. The van der Waals surface area contributed by atoms with Crippen molar-refractivity contribution in [3.63, 3.8) is 0 Å². The molecule has 1 N–H and O–H groups in total. The highest BCUT2D eigenvalue weighted by Crippen LogP contribution is 2.29. The summed E-state index contributed by atoms with van der Waals surface area (Å²) in [7, 11) is 0. The maximum atomic E-state index is 11.2. The van der Waals surface area contributed by atoms with Crippen molar-refractivity contribution in [2.24, 2.45) is 0 Å². The Morgan fingerprint density at radius 2 is 2.47 bits per heavy atom. The van der Waals surface area contributed by atoms with E-state index in [1.54, 1.807) is 6.20 Å². The van der Waals surface area contributed by atoms with Gasteiger partial charge in [0.1, 0.15) is 0 Å². The molecule has 0 radical (unpaired) electrons. The van der Waals surface area contributed by atoms with E-state index in [-0.39, 0.29) is 11.9 Å². The number of hydrogen-bond donors (Lipinski definition) is 1. The van der Waals surface area contributed by atoms with Crippen molar-refractivity contribution in [2.75, 3.05) is 0 Å². The minimum atomic E-state index is -0.0907. The number of aromatic nitrogens is 2. The smallest absolute Gasteiger partial charge is 0.243 e. The number of hydrogen-bond acceptors (Lipinski definition) is 2. The molecule has 0 spiro atoms. The van der Waals surface area contributed by atoms with E-state index in [1.165, 1.54) is 6.08 Å². The van der Waals surface area contributed by atoms with E-state index in [2.05, 4.69) is 21.4 Å². The molecule has 0 aromatic carbocycles. The van der Waals surface area contributed by atoms with Crippen LogP contribution >= 0.6 is 0 Å². The van der Waals surface area contributed by atoms with Crippen LogP contribution in [0.15, 0.2) is 31.4 Å². The van der Waals surface area contributed by atoms with Gasteiger partial charge in [-0.3, -0.25) is 4.79 Å². The van der Waals surface area contributed by atoms with Gasteiger partial charge in [0, 0.05) is 18.4 Å². The van der Waals surface area contributed by atoms with Crippen molar-refractivity contribution in [3.05, 3.63) is 31.4 Å². The highest BCUT2D eigenvalue weighted by Gasteiger charge is 2.28. The number of carbonyl (C=O) groups excluding carboxylic acids is 1. The molecule has 1 amide bonds. The molecule has 0 bridgehead atoms. The van der Waals surface area contributed by atoms with Gasteiger partial charge in [0.05, 0.1) is 12.4 Å². The monoisotopic (exact) mass is 205 g/mol. The molecule has 1 aliphatic rings. The number of imidazole rings is 1. The molecular formula is C11H15N3O. The summed E-state index contributed by atoms with van der Waals surface area (Å²) in [4.78, 5) is 15.3. The Morgan fingerprint density at radius 1 is 1.60 bits per heavy atom. The van der Waals surface area contributed by atoms with Gasteiger partial charge in [0.15, 0.2) is 0 Å². The summed E-state index contributed by atoms with van der Waals surface area (Å²) in [6.07, 6.45) is 10.1. The van der Waals surface area contributed by atoms with Gasteiger partial charge in [0.2, 0.25) is 5.91 Å². The van der Waals surface area contributed by atoms with Gasteiger partial charge in [-0.25, -0.2) is 4.98 Å². The van der Waals surface area contributed by atoms with Crippen LogP contribution in [0.3, 0.4) is 0 Å². The van der Waals surface area contributed by atoms with Crippen LogP contribution in [0.4, 0.5) is 0 Å². The molecule has 1 aromatic rings. The minimum Gasteiger partial charge on any atom is -0.348 e. The van der Waals surface area contributed by atoms with Crippen LogP contribution in [0.1, 0.15) is 25.3 Å². The molecule has 15 heavy (non-hydrogen) atoms. The second-order valence-corrected chi connectivity index (χ2v) is 3.83. The number of amides is 1. The third kappa shape index (κ3) is 2.09. The molecule has 1 saturated carbocycles. The lowest BCUT2D eigenvalue weighted by molar-refractivity contribution is -0.117. The fraction of sp³-hybridized carbons (Fsp3) is 0.455. The SMILES string of the molecule is C=CC(=O)N[C@@H]1CCC[C@@H]1n1ccnc1. The van der Waals surface area contributed by atoms with E-state index >= 15 is 0 Å². The Bertz CT molecular complexity index is 345. The molecule has 2 atom stereocenters. The maximum absolute atomic E-state index is 11.2. The molecule has 4 heteroatoms. The number of carbonyl (C=O) groups is 1. The van der Waals surface area contributed by atoms with E-state index in [4.69, 9.17) is 0 Å². The molecule has 1 aromatic heterocycles. The third-order valence-electron chi connectivity index (χ3n) is 2.90. The zero-order valence-corrected chi connectivity index (χ0v) is 8.60. The Hall–Kier alpha value is -1.58. The second-order valence-electron chi connectivity index (χ2n) is 3.83. The van der Waals surface area contributed by atoms with E-state index in [0.29, 0.717) is 6.04 Å².